The number of amides is 1. The molecular weight excluding hydrogens is 542 g/mol. The summed E-state index contributed by atoms with van der Waals surface area (Å²) in [6.07, 6.45) is 1.12. The molecule has 1 N–H and O–H groups in total. The molecule has 0 unspecified atom stereocenters. The summed E-state index contributed by atoms with van der Waals surface area (Å²) in [6.45, 7) is 1.96. The zero-order valence-electron chi connectivity index (χ0n) is 20.4. The number of carbonyl (C=O) groups is 1. The summed E-state index contributed by atoms with van der Waals surface area (Å²) in [4.78, 5) is 13.1. The minimum absolute atomic E-state index is 0.0477. The Kier molecular flexibility index (Phi) is 8.77. The number of hydrogen-bond acceptors (Lipinski definition) is 7. The smallest absolute Gasteiger partial charge is 0.243 e. The number of benzene rings is 2. The van der Waals surface area contributed by atoms with E-state index in [1.165, 1.54) is 46.1 Å². The first-order chi connectivity index (χ1) is 17.6. The minimum Gasteiger partial charge on any atom is -0.495 e. The van der Waals surface area contributed by atoms with Crippen molar-refractivity contribution in [3.8, 4) is 5.75 Å². The van der Waals surface area contributed by atoms with Crippen LogP contribution in [0.4, 0.5) is 0 Å². The molecule has 2 aliphatic rings. The quantitative estimate of drug-likeness (QED) is 0.515. The Morgan fingerprint density at radius 1 is 1.00 bits per heavy atom. The molecule has 37 heavy (non-hydrogen) atoms. The van der Waals surface area contributed by atoms with Gasteiger partial charge in [0.2, 0.25) is 26.0 Å². The number of piperidine rings is 1. The Bertz CT molecular complexity index is 1330. The van der Waals surface area contributed by atoms with Crippen LogP contribution in [0.2, 0.25) is 5.02 Å². The van der Waals surface area contributed by atoms with Gasteiger partial charge >= 0.3 is 0 Å². The second kappa shape index (κ2) is 11.7. The highest BCUT2D eigenvalue weighted by Crippen LogP contribution is 2.30. The highest BCUT2D eigenvalue weighted by Gasteiger charge is 2.33. The van der Waals surface area contributed by atoms with E-state index < -0.39 is 26.0 Å². The molecule has 0 bridgehead atoms. The van der Waals surface area contributed by atoms with Crippen LogP contribution in [0.5, 0.6) is 5.75 Å². The Morgan fingerprint density at radius 2 is 1.65 bits per heavy atom. The molecule has 0 aliphatic carbocycles. The van der Waals surface area contributed by atoms with Gasteiger partial charge in [-0.05, 0) is 48.7 Å². The van der Waals surface area contributed by atoms with Crippen LogP contribution < -0.4 is 10.1 Å². The Morgan fingerprint density at radius 3 is 2.30 bits per heavy atom. The number of sulfonamides is 2. The number of rotatable bonds is 8. The van der Waals surface area contributed by atoms with Gasteiger partial charge in [-0.3, -0.25) is 4.79 Å². The van der Waals surface area contributed by atoms with Crippen LogP contribution in [-0.2, 0) is 36.1 Å². The lowest BCUT2D eigenvalue weighted by molar-refractivity contribution is -0.126. The molecule has 2 heterocycles. The van der Waals surface area contributed by atoms with E-state index in [0.29, 0.717) is 51.4 Å². The SMILES string of the molecule is COc1ccc(S(=O)(=O)N2CCC[C@@H](C(=O)NCc3ccc(S(=O)(=O)N4CCOCC4)cc3)C2)cc1Cl. The standard InChI is InChI=1S/C24H30ClN3O7S2/c1-34-23-9-8-21(15-22(23)25)37(32,33)28-10-2-3-19(17-28)24(29)26-16-18-4-6-20(7-5-18)36(30,31)27-11-13-35-14-12-27/h4-9,15,19H,2-3,10-14,16-17H2,1H3,(H,26,29)/t19-/m1/s1. The van der Waals surface area contributed by atoms with Crippen molar-refractivity contribution in [3.63, 3.8) is 0 Å². The van der Waals surface area contributed by atoms with Crippen LogP contribution in [0.3, 0.4) is 0 Å². The lowest BCUT2D eigenvalue weighted by atomic mass is 9.99. The normalized spacial score (nSPS) is 19.9. The van der Waals surface area contributed by atoms with Crippen molar-refractivity contribution in [1.82, 2.24) is 13.9 Å². The largest absolute Gasteiger partial charge is 0.495 e. The van der Waals surface area contributed by atoms with Crippen molar-refractivity contribution in [2.24, 2.45) is 5.92 Å². The van der Waals surface area contributed by atoms with E-state index in [9.17, 15) is 21.6 Å². The van der Waals surface area contributed by atoms with Crippen LogP contribution in [0.25, 0.3) is 0 Å². The van der Waals surface area contributed by atoms with E-state index in [1.54, 1.807) is 12.1 Å². The first kappa shape index (κ1) is 27.8. The molecule has 2 saturated heterocycles. The van der Waals surface area contributed by atoms with Crippen molar-refractivity contribution < 1.29 is 31.1 Å². The van der Waals surface area contributed by atoms with Gasteiger partial charge in [-0.25, -0.2) is 16.8 Å². The Hall–Kier alpha value is -2.22. The van der Waals surface area contributed by atoms with Gasteiger partial charge in [0.15, 0.2) is 0 Å². The van der Waals surface area contributed by atoms with E-state index in [0.717, 1.165) is 5.56 Å². The van der Waals surface area contributed by atoms with Gasteiger partial charge in [0.25, 0.3) is 0 Å². The number of halogens is 1. The molecule has 2 aromatic carbocycles. The molecule has 4 rings (SSSR count). The molecule has 2 fully saturated rings. The predicted octanol–water partition coefficient (Wildman–Crippen LogP) is 2.09. The van der Waals surface area contributed by atoms with Gasteiger partial charge in [0.05, 0.1) is 41.1 Å². The zero-order valence-corrected chi connectivity index (χ0v) is 22.8. The molecule has 1 amide bonds. The maximum absolute atomic E-state index is 13.1. The molecule has 0 saturated carbocycles. The second-order valence-electron chi connectivity index (χ2n) is 8.88. The highest BCUT2D eigenvalue weighted by molar-refractivity contribution is 7.89. The van der Waals surface area contributed by atoms with Crippen molar-refractivity contribution in [3.05, 3.63) is 53.1 Å². The van der Waals surface area contributed by atoms with Crippen molar-refractivity contribution in [2.75, 3.05) is 46.5 Å². The minimum atomic E-state index is -3.83. The maximum atomic E-state index is 13.1. The second-order valence-corrected chi connectivity index (χ2v) is 13.2. The topological polar surface area (TPSA) is 122 Å². The van der Waals surface area contributed by atoms with Crippen molar-refractivity contribution >= 4 is 37.6 Å². The zero-order chi connectivity index (χ0) is 26.6. The number of nitrogens with one attached hydrogen (secondary N) is 1. The lowest BCUT2D eigenvalue weighted by Crippen LogP contribution is -2.45. The highest BCUT2D eigenvalue weighted by atomic mass is 35.5. The van der Waals surface area contributed by atoms with Crippen LogP contribution in [0.15, 0.2) is 52.3 Å². The molecule has 1 atom stereocenters. The van der Waals surface area contributed by atoms with Gasteiger partial charge in [-0.15, -0.1) is 0 Å². The Labute approximate surface area is 222 Å². The molecule has 202 valence electrons. The van der Waals surface area contributed by atoms with E-state index >= 15 is 0 Å². The fraction of sp³-hybridized carbons (Fsp3) is 0.458. The first-order valence-electron chi connectivity index (χ1n) is 11.9. The molecule has 10 nitrogen and oxygen atoms in total. The molecule has 0 aromatic heterocycles. The summed E-state index contributed by atoms with van der Waals surface area (Å²) in [5.41, 5.74) is 0.738. The van der Waals surface area contributed by atoms with E-state index in [1.807, 2.05) is 0 Å². The van der Waals surface area contributed by atoms with Gasteiger partial charge in [-0.1, -0.05) is 23.7 Å². The number of ether oxygens (including phenoxy) is 2. The number of carbonyl (C=O) groups excluding carboxylic acids is 1. The third kappa shape index (κ3) is 6.27. The van der Waals surface area contributed by atoms with Crippen LogP contribution in [0, 0.1) is 5.92 Å². The number of morpholine rings is 1. The monoisotopic (exact) mass is 571 g/mol. The van der Waals surface area contributed by atoms with Crippen LogP contribution >= 0.6 is 11.6 Å². The van der Waals surface area contributed by atoms with Gasteiger partial charge in [0.1, 0.15) is 5.75 Å². The van der Waals surface area contributed by atoms with Crippen LogP contribution in [-0.4, -0.2) is 77.9 Å². The predicted molar refractivity (Wildman–Crippen MR) is 137 cm³/mol. The summed E-state index contributed by atoms with van der Waals surface area (Å²) in [5.74, 6) is -0.376. The molecule has 13 heteroatoms. The molecule has 2 aliphatic heterocycles. The van der Waals surface area contributed by atoms with E-state index in [2.05, 4.69) is 5.32 Å². The maximum Gasteiger partial charge on any atom is 0.243 e. The van der Waals surface area contributed by atoms with E-state index in [-0.39, 0.29) is 33.8 Å². The molecule has 2 aromatic rings. The summed E-state index contributed by atoms with van der Waals surface area (Å²) in [6, 6.07) is 10.7. The van der Waals surface area contributed by atoms with Crippen molar-refractivity contribution in [2.45, 2.75) is 29.2 Å². The fourth-order valence-electron chi connectivity index (χ4n) is 4.38. The average molecular weight is 572 g/mol. The number of hydrogen-bond donors (Lipinski definition) is 1. The number of nitrogens with zero attached hydrogens (tertiary/aromatic N) is 2. The summed E-state index contributed by atoms with van der Waals surface area (Å²) < 4.78 is 64.9. The fourth-order valence-corrected chi connectivity index (χ4v) is 7.66. The van der Waals surface area contributed by atoms with E-state index in [4.69, 9.17) is 21.1 Å². The van der Waals surface area contributed by atoms with Gasteiger partial charge in [-0.2, -0.15) is 8.61 Å². The molecule has 0 spiro atoms. The Balaban J connectivity index is 1.36. The number of methoxy groups -OCH3 is 1. The average Bonchev–Trinajstić information content (AvgIpc) is 2.92. The summed E-state index contributed by atoms with van der Waals surface area (Å²) in [5, 5.41) is 3.04. The lowest BCUT2D eigenvalue weighted by Gasteiger charge is -2.31. The van der Waals surface area contributed by atoms with Gasteiger partial charge in [0, 0.05) is 32.7 Å². The summed E-state index contributed by atoms with van der Waals surface area (Å²) >= 11 is 6.11. The van der Waals surface area contributed by atoms with Crippen molar-refractivity contribution in [1.29, 1.82) is 0 Å². The first-order valence-corrected chi connectivity index (χ1v) is 15.2. The van der Waals surface area contributed by atoms with Crippen LogP contribution in [0.1, 0.15) is 18.4 Å². The third-order valence-corrected chi connectivity index (χ3v) is 10.6. The third-order valence-electron chi connectivity index (χ3n) is 6.51. The van der Waals surface area contributed by atoms with Gasteiger partial charge < -0.3 is 14.8 Å². The summed E-state index contributed by atoms with van der Waals surface area (Å²) in [7, 11) is -5.97. The molecule has 0 radical (unpaired) electrons. The molecular formula is C24H30ClN3O7S2.